The van der Waals surface area contributed by atoms with E-state index in [1.807, 2.05) is 13.8 Å². The lowest BCUT2D eigenvalue weighted by atomic mass is 9.74. The van der Waals surface area contributed by atoms with E-state index in [1.54, 1.807) is 11.3 Å². The van der Waals surface area contributed by atoms with E-state index in [1.165, 1.54) is 4.88 Å². The van der Waals surface area contributed by atoms with Crippen LogP contribution >= 0.6 is 11.3 Å². The molecule has 0 aromatic carbocycles. The number of nitrogens with one attached hydrogen (secondary N) is 2. The molecule has 4 nitrogen and oxygen atoms in total. The summed E-state index contributed by atoms with van der Waals surface area (Å²) in [6.45, 7) is 8.03. The molecule has 0 radical (unpaired) electrons. The van der Waals surface area contributed by atoms with E-state index >= 15 is 0 Å². The SMILES string of the molecule is CCCC1(C(=O)Nc2nc(C)c(C)s2)CCNCC1. The number of thiazole rings is 1. The van der Waals surface area contributed by atoms with Crippen LogP contribution in [0, 0.1) is 19.3 Å². The molecule has 5 heteroatoms. The number of aromatic nitrogens is 1. The van der Waals surface area contributed by atoms with Crippen LogP contribution in [0.15, 0.2) is 0 Å². The number of carbonyl (C=O) groups is 1. The average molecular weight is 281 g/mol. The maximum atomic E-state index is 12.6. The highest BCUT2D eigenvalue weighted by molar-refractivity contribution is 7.15. The van der Waals surface area contributed by atoms with Crippen molar-refractivity contribution in [2.45, 2.75) is 46.5 Å². The predicted molar refractivity (Wildman–Crippen MR) is 79.7 cm³/mol. The molecule has 1 aromatic heterocycles. The van der Waals surface area contributed by atoms with Crippen LogP contribution < -0.4 is 10.6 Å². The molecule has 1 fully saturated rings. The fourth-order valence-corrected chi connectivity index (χ4v) is 3.54. The Morgan fingerprint density at radius 2 is 2.11 bits per heavy atom. The number of piperidine rings is 1. The van der Waals surface area contributed by atoms with Crippen LogP contribution in [0.25, 0.3) is 0 Å². The number of amides is 1. The van der Waals surface area contributed by atoms with Crippen LogP contribution in [0.1, 0.15) is 43.2 Å². The van der Waals surface area contributed by atoms with Gasteiger partial charge in [-0.3, -0.25) is 4.79 Å². The highest BCUT2D eigenvalue weighted by Crippen LogP contribution is 2.36. The Labute approximate surface area is 119 Å². The minimum Gasteiger partial charge on any atom is -0.317 e. The molecule has 1 aliphatic heterocycles. The van der Waals surface area contributed by atoms with Gasteiger partial charge >= 0.3 is 0 Å². The number of hydrogen-bond acceptors (Lipinski definition) is 4. The molecule has 1 amide bonds. The number of carbonyl (C=O) groups excluding carboxylic acids is 1. The van der Waals surface area contributed by atoms with E-state index in [2.05, 4.69) is 22.5 Å². The lowest BCUT2D eigenvalue weighted by molar-refractivity contribution is -0.127. The number of hydrogen-bond donors (Lipinski definition) is 2. The van der Waals surface area contributed by atoms with Crippen molar-refractivity contribution >= 4 is 22.4 Å². The summed E-state index contributed by atoms with van der Waals surface area (Å²) in [5, 5.41) is 7.12. The Morgan fingerprint density at radius 3 is 2.63 bits per heavy atom. The fourth-order valence-electron chi connectivity index (χ4n) is 2.73. The fraction of sp³-hybridized carbons (Fsp3) is 0.714. The molecule has 0 aliphatic carbocycles. The summed E-state index contributed by atoms with van der Waals surface area (Å²) in [4.78, 5) is 18.2. The van der Waals surface area contributed by atoms with E-state index in [4.69, 9.17) is 0 Å². The van der Waals surface area contributed by atoms with Gasteiger partial charge in [-0.15, -0.1) is 11.3 Å². The van der Waals surface area contributed by atoms with Crippen LogP contribution in [0.3, 0.4) is 0 Å². The van der Waals surface area contributed by atoms with Gasteiger partial charge < -0.3 is 10.6 Å². The van der Waals surface area contributed by atoms with Crippen molar-refractivity contribution < 1.29 is 4.79 Å². The van der Waals surface area contributed by atoms with Crippen LogP contribution in [-0.4, -0.2) is 24.0 Å². The second kappa shape index (κ2) is 6.01. The molecule has 0 bridgehead atoms. The van der Waals surface area contributed by atoms with E-state index < -0.39 is 0 Å². The smallest absolute Gasteiger partial charge is 0.232 e. The maximum Gasteiger partial charge on any atom is 0.232 e. The first kappa shape index (κ1) is 14.5. The largest absolute Gasteiger partial charge is 0.317 e. The molecule has 0 atom stereocenters. The van der Waals surface area contributed by atoms with Gasteiger partial charge in [0, 0.05) is 4.88 Å². The number of aryl methyl sites for hydroxylation is 2. The molecule has 2 heterocycles. The van der Waals surface area contributed by atoms with Crippen molar-refractivity contribution in [3.8, 4) is 0 Å². The third-order valence-electron chi connectivity index (χ3n) is 4.02. The first-order chi connectivity index (χ1) is 9.07. The molecule has 0 unspecified atom stereocenters. The Morgan fingerprint density at radius 1 is 1.42 bits per heavy atom. The van der Waals surface area contributed by atoms with E-state index in [0.717, 1.165) is 49.6 Å². The molecule has 1 aromatic rings. The molecule has 0 saturated carbocycles. The van der Waals surface area contributed by atoms with Crippen molar-refractivity contribution in [3.63, 3.8) is 0 Å². The van der Waals surface area contributed by atoms with Gasteiger partial charge in [-0.2, -0.15) is 0 Å². The highest BCUT2D eigenvalue weighted by atomic mass is 32.1. The Kier molecular flexibility index (Phi) is 4.58. The molecular formula is C14H23N3OS. The third kappa shape index (κ3) is 3.15. The molecule has 1 saturated heterocycles. The zero-order valence-electron chi connectivity index (χ0n) is 12.0. The first-order valence-corrected chi connectivity index (χ1v) is 7.85. The maximum absolute atomic E-state index is 12.6. The third-order valence-corrected chi connectivity index (χ3v) is 5.01. The topological polar surface area (TPSA) is 54.0 Å². The Hall–Kier alpha value is -0.940. The lowest BCUT2D eigenvalue weighted by Crippen LogP contribution is -2.44. The summed E-state index contributed by atoms with van der Waals surface area (Å²) in [6, 6.07) is 0. The van der Waals surface area contributed by atoms with Crippen LogP contribution in [-0.2, 0) is 4.79 Å². The van der Waals surface area contributed by atoms with Crippen LogP contribution in [0.2, 0.25) is 0 Å². The minimum absolute atomic E-state index is 0.157. The summed E-state index contributed by atoms with van der Waals surface area (Å²) in [6.07, 6.45) is 3.86. The lowest BCUT2D eigenvalue weighted by Gasteiger charge is -2.35. The standard InChI is InChI=1S/C14H23N3OS/c1-4-5-14(6-8-15-9-7-14)12(18)17-13-16-10(2)11(3)19-13/h15H,4-9H2,1-3H3,(H,16,17,18). The quantitative estimate of drug-likeness (QED) is 0.892. The zero-order chi connectivity index (χ0) is 13.9. The summed E-state index contributed by atoms with van der Waals surface area (Å²) in [5.41, 5.74) is 0.808. The summed E-state index contributed by atoms with van der Waals surface area (Å²) in [7, 11) is 0. The van der Waals surface area contributed by atoms with Crippen molar-refractivity contribution in [1.29, 1.82) is 0 Å². The van der Waals surface area contributed by atoms with Crippen molar-refractivity contribution in [2.24, 2.45) is 5.41 Å². The van der Waals surface area contributed by atoms with Gasteiger partial charge in [-0.25, -0.2) is 4.98 Å². The molecule has 106 valence electrons. The number of anilines is 1. The molecule has 19 heavy (non-hydrogen) atoms. The molecule has 0 spiro atoms. The molecule has 1 aliphatic rings. The summed E-state index contributed by atoms with van der Waals surface area (Å²) < 4.78 is 0. The highest BCUT2D eigenvalue weighted by Gasteiger charge is 2.38. The molecule has 2 rings (SSSR count). The van der Waals surface area contributed by atoms with Gasteiger partial charge in [0.25, 0.3) is 0 Å². The van der Waals surface area contributed by atoms with Gasteiger partial charge in [0.2, 0.25) is 5.91 Å². The number of nitrogens with zero attached hydrogens (tertiary/aromatic N) is 1. The van der Waals surface area contributed by atoms with Gasteiger partial charge in [-0.05, 0) is 46.2 Å². The van der Waals surface area contributed by atoms with Gasteiger partial charge in [0.15, 0.2) is 5.13 Å². The Bertz CT molecular complexity index is 425. The summed E-state index contributed by atoms with van der Waals surface area (Å²) in [5.74, 6) is 0.157. The van der Waals surface area contributed by atoms with Gasteiger partial charge in [0.05, 0.1) is 11.1 Å². The molecule has 2 N–H and O–H groups in total. The zero-order valence-corrected chi connectivity index (χ0v) is 12.8. The second-order valence-corrected chi connectivity index (χ2v) is 6.60. The molecular weight excluding hydrogens is 258 g/mol. The van der Waals surface area contributed by atoms with E-state index in [9.17, 15) is 4.79 Å². The van der Waals surface area contributed by atoms with Crippen molar-refractivity contribution in [3.05, 3.63) is 10.6 Å². The van der Waals surface area contributed by atoms with E-state index in [-0.39, 0.29) is 11.3 Å². The predicted octanol–water partition coefficient (Wildman–Crippen LogP) is 2.87. The van der Waals surface area contributed by atoms with Crippen molar-refractivity contribution in [2.75, 3.05) is 18.4 Å². The first-order valence-electron chi connectivity index (χ1n) is 7.03. The van der Waals surface area contributed by atoms with E-state index in [0.29, 0.717) is 0 Å². The number of rotatable bonds is 4. The monoisotopic (exact) mass is 281 g/mol. The normalized spacial score (nSPS) is 18.3. The van der Waals surface area contributed by atoms with Crippen molar-refractivity contribution in [1.82, 2.24) is 10.3 Å². The van der Waals surface area contributed by atoms with Gasteiger partial charge in [-0.1, -0.05) is 13.3 Å². The Balaban J connectivity index is 2.11. The van der Waals surface area contributed by atoms with Crippen LogP contribution in [0.4, 0.5) is 5.13 Å². The minimum atomic E-state index is -0.201. The average Bonchev–Trinajstić information content (AvgIpc) is 2.69. The summed E-state index contributed by atoms with van der Waals surface area (Å²) >= 11 is 1.56. The van der Waals surface area contributed by atoms with Crippen LogP contribution in [0.5, 0.6) is 0 Å². The second-order valence-electron chi connectivity index (χ2n) is 5.40. The van der Waals surface area contributed by atoms with Gasteiger partial charge in [0.1, 0.15) is 0 Å².